The monoisotopic (exact) mass is 163 g/mol. The summed E-state index contributed by atoms with van der Waals surface area (Å²) >= 11 is 0. The van der Waals surface area contributed by atoms with E-state index >= 15 is 0 Å². The third kappa shape index (κ3) is 0.928. The van der Waals surface area contributed by atoms with Crippen LogP contribution in [0.5, 0.6) is 5.75 Å². The van der Waals surface area contributed by atoms with Crippen LogP contribution < -0.4 is 4.74 Å². The van der Waals surface area contributed by atoms with Crippen molar-refractivity contribution < 1.29 is 9.13 Å². The molecule has 60 valence electrons. The average molecular weight is 163 g/mol. The molecule has 1 aliphatic heterocycles. The number of ether oxygens (including phenoxy) is 1. The van der Waals surface area contributed by atoms with Crippen molar-refractivity contribution in [3.05, 3.63) is 29.1 Å². The minimum atomic E-state index is -0.332. The van der Waals surface area contributed by atoms with Gasteiger partial charge in [0.25, 0.3) is 0 Å². The molecule has 1 aliphatic rings. The van der Waals surface area contributed by atoms with Crippen molar-refractivity contribution in [2.45, 2.75) is 6.42 Å². The van der Waals surface area contributed by atoms with E-state index in [1.165, 1.54) is 6.07 Å². The lowest BCUT2D eigenvalue weighted by molar-refractivity contribution is 0.356. The number of fused-ring (bicyclic) bond motifs is 1. The van der Waals surface area contributed by atoms with Gasteiger partial charge in [-0.2, -0.15) is 5.26 Å². The van der Waals surface area contributed by atoms with Gasteiger partial charge >= 0.3 is 0 Å². The zero-order valence-electron chi connectivity index (χ0n) is 6.30. The molecule has 0 unspecified atom stereocenters. The van der Waals surface area contributed by atoms with Crippen LogP contribution in [0.4, 0.5) is 4.39 Å². The van der Waals surface area contributed by atoms with Crippen LogP contribution in [-0.2, 0) is 6.42 Å². The van der Waals surface area contributed by atoms with Crippen LogP contribution in [0.3, 0.4) is 0 Å². The molecule has 3 heteroatoms. The lowest BCUT2D eigenvalue weighted by atomic mass is 10.1. The number of hydrogen-bond acceptors (Lipinski definition) is 2. The maximum Gasteiger partial charge on any atom is 0.131 e. The van der Waals surface area contributed by atoms with Crippen LogP contribution in [0, 0.1) is 17.1 Å². The lowest BCUT2D eigenvalue weighted by Crippen LogP contribution is -1.86. The van der Waals surface area contributed by atoms with E-state index < -0.39 is 0 Å². The summed E-state index contributed by atoms with van der Waals surface area (Å²) in [5.74, 6) is 0.188. The van der Waals surface area contributed by atoms with E-state index in [-0.39, 0.29) is 5.82 Å². The highest BCUT2D eigenvalue weighted by Gasteiger charge is 2.17. The van der Waals surface area contributed by atoms with Crippen LogP contribution in [0.1, 0.15) is 11.1 Å². The summed E-state index contributed by atoms with van der Waals surface area (Å²) in [6.07, 6.45) is 0.604. The van der Waals surface area contributed by atoms with Crippen LogP contribution >= 0.6 is 0 Å². The molecule has 2 rings (SSSR count). The number of rotatable bonds is 0. The second-order valence-electron chi connectivity index (χ2n) is 2.65. The summed E-state index contributed by atoms with van der Waals surface area (Å²) in [6.45, 7) is 0.515. The molecule has 0 saturated carbocycles. The van der Waals surface area contributed by atoms with Gasteiger partial charge in [-0.25, -0.2) is 4.39 Å². The summed E-state index contributed by atoms with van der Waals surface area (Å²) in [7, 11) is 0. The number of benzene rings is 1. The minimum Gasteiger partial charge on any atom is -0.493 e. The highest BCUT2D eigenvalue weighted by molar-refractivity contribution is 5.45. The van der Waals surface area contributed by atoms with Gasteiger partial charge in [-0.1, -0.05) is 0 Å². The van der Waals surface area contributed by atoms with E-state index in [9.17, 15) is 4.39 Å². The number of nitriles is 1. The van der Waals surface area contributed by atoms with E-state index in [2.05, 4.69) is 0 Å². The second-order valence-corrected chi connectivity index (χ2v) is 2.65. The molecule has 0 spiro atoms. The van der Waals surface area contributed by atoms with Crippen molar-refractivity contribution in [3.63, 3.8) is 0 Å². The first-order valence-electron chi connectivity index (χ1n) is 3.66. The molecular formula is C9H6FNO. The Kier molecular flexibility index (Phi) is 1.47. The van der Waals surface area contributed by atoms with Gasteiger partial charge in [-0.15, -0.1) is 0 Å². The molecule has 1 heterocycles. The minimum absolute atomic E-state index is 0.313. The van der Waals surface area contributed by atoms with Crippen molar-refractivity contribution in [1.82, 2.24) is 0 Å². The zero-order chi connectivity index (χ0) is 8.55. The highest BCUT2D eigenvalue weighted by Crippen LogP contribution is 2.28. The molecular weight excluding hydrogens is 157 g/mol. The highest BCUT2D eigenvalue weighted by atomic mass is 19.1. The Balaban J connectivity index is 2.60. The Morgan fingerprint density at radius 2 is 2.33 bits per heavy atom. The molecule has 0 bridgehead atoms. The van der Waals surface area contributed by atoms with Crippen LogP contribution in [-0.4, -0.2) is 6.61 Å². The molecule has 0 N–H and O–H groups in total. The van der Waals surface area contributed by atoms with Gasteiger partial charge in [-0.05, 0) is 12.1 Å². The van der Waals surface area contributed by atoms with Crippen molar-refractivity contribution in [2.24, 2.45) is 0 Å². The Morgan fingerprint density at radius 3 is 3.08 bits per heavy atom. The Hall–Kier alpha value is -1.56. The van der Waals surface area contributed by atoms with Gasteiger partial charge in [0.05, 0.1) is 18.2 Å². The number of nitrogens with zero attached hydrogens (tertiary/aromatic N) is 1. The van der Waals surface area contributed by atoms with Crippen molar-refractivity contribution in [1.29, 1.82) is 5.26 Å². The third-order valence-electron chi connectivity index (χ3n) is 1.89. The second kappa shape index (κ2) is 2.49. The van der Waals surface area contributed by atoms with E-state index in [4.69, 9.17) is 10.00 Å². The Bertz CT molecular complexity index is 368. The molecule has 0 radical (unpaired) electrons. The van der Waals surface area contributed by atoms with Gasteiger partial charge in [0.15, 0.2) is 0 Å². The first-order chi connectivity index (χ1) is 5.81. The molecule has 2 nitrogen and oxygen atoms in total. The SMILES string of the molecule is N#Cc1cc(F)c2c(c1)OCC2. The first-order valence-corrected chi connectivity index (χ1v) is 3.66. The van der Waals surface area contributed by atoms with Gasteiger partial charge in [0.1, 0.15) is 11.6 Å². The van der Waals surface area contributed by atoms with Crippen LogP contribution in [0.15, 0.2) is 12.1 Å². The smallest absolute Gasteiger partial charge is 0.131 e. The Labute approximate surface area is 69.2 Å². The fourth-order valence-electron chi connectivity index (χ4n) is 1.31. The molecule has 0 aliphatic carbocycles. The summed E-state index contributed by atoms with van der Waals surface area (Å²) in [6, 6.07) is 4.70. The van der Waals surface area contributed by atoms with Crippen molar-refractivity contribution in [2.75, 3.05) is 6.61 Å². The molecule has 0 fully saturated rings. The Morgan fingerprint density at radius 1 is 1.50 bits per heavy atom. The quantitative estimate of drug-likeness (QED) is 0.582. The molecule has 1 aromatic rings. The van der Waals surface area contributed by atoms with Crippen LogP contribution in [0.25, 0.3) is 0 Å². The molecule has 12 heavy (non-hydrogen) atoms. The third-order valence-corrected chi connectivity index (χ3v) is 1.89. The fourth-order valence-corrected chi connectivity index (χ4v) is 1.31. The molecule has 0 aromatic heterocycles. The van der Waals surface area contributed by atoms with E-state index in [0.29, 0.717) is 29.9 Å². The predicted octanol–water partition coefficient (Wildman–Crippen LogP) is 1.63. The first kappa shape index (κ1) is 7.11. The number of halogens is 1. The summed E-state index contributed by atoms with van der Waals surface area (Å²) in [4.78, 5) is 0. The summed E-state index contributed by atoms with van der Waals surface area (Å²) < 4.78 is 18.2. The summed E-state index contributed by atoms with van der Waals surface area (Å²) in [5.41, 5.74) is 0.905. The summed E-state index contributed by atoms with van der Waals surface area (Å²) in [5, 5.41) is 8.52. The molecule has 0 saturated heterocycles. The largest absolute Gasteiger partial charge is 0.493 e. The molecule has 0 atom stereocenters. The van der Waals surface area contributed by atoms with Gasteiger partial charge in [-0.3, -0.25) is 0 Å². The standard InChI is InChI=1S/C9H6FNO/c10-8-3-6(5-11)4-9-7(8)1-2-12-9/h3-4H,1-2H2. The maximum absolute atomic E-state index is 13.1. The van der Waals surface area contributed by atoms with E-state index in [0.717, 1.165) is 0 Å². The maximum atomic E-state index is 13.1. The topological polar surface area (TPSA) is 33.0 Å². The normalized spacial score (nSPS) is 13.3. The molecule has 1 aromatic carbocycles. The van der Waals surface area contributed by atoms with E-state index in [1.54, 1.807) is 6.07 Å². The van der Waals surface area contributed by atoms with Gasteiger partial charge < -0.3 is 4.74 Å². The molecule has 0 amide bonds. The van der Waals surface area contributed by atoms with Gasteiger partial charge in [0, 0.05) is 12.0 Å². The van der Waals surface area contributed by atoms with Gasteiger partial charge in [0.2, 0.25) is 0 Å². The average Bonchev–Trinajstić information content (AvgIpc) is 2.52. The van der Waals surface area contributed by atoms with Crippen LogP contribution in [0.2, 0.25) is 0 Å². The van der Waals surface area contributed by atoms with Crippen molar-refractivity contribution >= 4 is 0 Å². The van der Waals surface area contributed by atoms with E-state index in [1.807, 2.05) is 6.07 Å². The number of hydrogen-bond donors (Lipinski definition) is 0. The predicted molar refractivity (Wildman–Crippen MR) is 40.3 cm³/mol. The fraction of sp³-hybridized carbons (Fsp3) is 0.222. The zero-order valence-corrected chi connectivity index (χ0v) is 6.30. The van der Waals surface area contributed by atoms with Crippen molar-refractivity contribution in [3.8, 4) is 11.8 Å². The lowest BCUT2D eigenvalue weighted by Gasteiger charge is -1.99.